The molecular weight excluding hydrogens is 349 g/mol. The van der Waals surface area contributed by atoms with Gasteiger partial charge in [-0.3, -0.25) is 14.5 Å². The van der Waals surface area contributed by atoms with E-state index in [1.807, 2.05) is 19.1 Å². The van der Waals surface area contributed by atoms with E-state index in [1.54, 1.807) is 26.0 Å². The van der Waals surface area contributed by atoms with Crippen LogP contribution in [0.5, 0.6) is 0 Å². The normalized spacial score (nSPS) is 19.2. The number of hydrogen-bond donors (Lipinski definition) is 2. The van der Waals surface area contributed by atoms with Gasteiger partial charge in [-0.25, -0.2) is 9.18 Å². The zero-order chi connectivity index (χ0) is 19.8. The van der Waals surface area contributed by atoms with Crippen LogP contribution in [0.3, 0.4) is 0 Å². The van der Waals surface area contributed by atoms with E-state index >= 15 is 0 Å². The fourth-order valence-electron chi connectivity index (χ4n) is 2.99. The topological polar surface area (TPSA) is 78.5 Å². The van der Waals surface area contributed by atoms with Crippen molar-refractivity contribution < 1.29 is 18.8 Å². The Balaban J connectivity index is 1.76. The van der Waals surface area contributed by atoms with Gasteiger partial charge in [0.1, 0.15) is 17.9 Å². The number of anilines is 1. The number of urea groups is 1. The molecule has 2 N–H and O–H groups in total. The maximum Gasteiger partial charge on any atom is 0.325 e. The van der Waals surface area contributed by atoms with E-state index in [4.69, 9.17) is 0 Å². The number of carbonyl (C=O) groups excluding carboxylic acids is 3. The summed E-state index contributed by atoms with van der Waals surface area (Å²) in [4.78, 5) is 38.3. The van der Waals surface area contributed by atoms with Crippen LogP contribution in [0.2, 0.25) is 0 Å². The second kappa shape index (κ2) is 6.83. The van der Waals surface area contributed by atoms with Gasteiger partial charge in [-0.2, -0.15) is 0 Å². The highest BCUT2D eigenvalue weighted by Gasteiger charge is 2.49. The number of rotatable bonds is 4. The summed E-state index contributed by atoms with van der Waals surface area (Å²) in [7, 11) is 0. The Bertz CT molecular complexity index is 927. The third kappa shape index (κ3) is 3.53. The fraction of sp³-hybridized carbons (Fsp3) is 0.250. The minimum absolute atomic E-state index is 0.299. The average Bonchev–Trinajstić information content (AvgIpc) is 2.83. The van der Waals surface area contributed by atoms with E-state index < -0.39 is 35.7 Å². The van der Waals surface area contributed by atoms with Gasteiger partial charge in [0.15, 0.2) is 0 Å². The van der Waals surface area contributed by atoms with Crippen LogP contribution in [-0.4, -0.2) is 29.3 Å². The van der Waals surface area contributed by atoms with E-state index in [1.165, 1.54) is 18.2 Å². The van der Waals surface area contributed by atoms with Gasteiger partial charge < -0.3 is 10.6 Å². The lowest BCUT2D eigenvalue weighted by atomic mass is 9.91. The van der Waals surface area contributed by atoms with E-state index in [-0.39, 0.29) is 0 Å². The van der Waals surface area contributed by atoms with Crippen molar-refractivity contribution >= 4 is 23.5 Å². The zero-order valence-corrected chi connectivity index (χ0v) is 15.3. The molecule has 2 aromatic carbocycles. The standard InChI is InChI=1S/C20H20FN3O3/c1-12-4-7-14(8-5-12)20(3)18(26)24(19(27)23-20)11-17(25)22-16-10-15(21)9-6-13(16)2/h4-10H,11H2,1-3H3,(H,22,25)(H,23,27)/t20-/m0/s1. The number of halogens is 1. The molecule has 27 heavy (non-hydrogen) atoms. The molecule has 1 aliphatic rings. The van der Waals surface area contributed by atoms with Crippen LogP contribution in [-0.2, 0) is 15.1 Å². The molecule has 0 radical (unpaired) electrons. The van der Waals surface area contributed by atoms with Crippen molar-refractivity contribution in [3.8, 4) is 0 Å². The Morgan fingerprint density at radius 1 is 1.15 bits per heavy atom. The number of nitrogens with zero attached hydrogens (tertiary/aromatic N) is 1. The molecule has 7 heteroatoms. The highest BCUT2D eigenvalue weighted by atomic mass is 19.1. The average molecular weight is 369 g/mol. The first kappa shape index (κ1) is 18.6. The molecule has 3 rings (SSSR count). The quantitative estimate of drug-likeness (QED) is 0.814. The molecular formula is C20H20FN3O3. The third-order valence-corrected chi connectivity index (χ3v) is 4.68. The van der Waals surface area contributed by atoms with Gasteiger partial charge >= 0.3 is 6.03 Å². The van der Waals surface area contributed by atoms with Gasteiger partial charge in [0, 0.05) is 5.69 Å². The van der Waals surface area contributed by atoms with E-state index in [0.717, 1.165) is 10.5 Å². The highest BCUT2D eigenvalue weighted by Crippen LogP contribution is 2.29. The molecule has 1 fully saturated rings. The van der Waals surface area contributed by atoms with Gasteiger partial charge in [-0.05, 0) is 44.0 Å². The summed E-state index contributed by atoms with van der Waals surface area (Å²) in [5.41, 5.74) is 1.40. The van der Waals surface area contributed by atoms with Crippen molar-refractivity contribution in [3.63, 3.8) is 0 Å². The molecule has 0 saturated carbocycles. The minimum atomic E-state index is -1.24. The molecule has 0 aliphatic carbocycles. The molecule has 1 saturated heterocycles. The Morgan fingerprint density at radius 2 is 1.81 bits per heavy atom. The molecule has 140 valence electrons. The van der Waals surface area contributed by atoms with Crippen molar-refractivity contribution in [3.05, 3.63) is 65.0 Å². The predicted octanol–water partition coefficient (Wildman–Crippen LogP) is 2.85. The van der Waals surface area contributed by atoms with Crippen molar-refractivity contribution in [1.29, 1.82) is 0 Å². The second-order valence-corrected chi connectivity index (χ2v) is 6.82. The molecule has 1 atom stereocenters. The number of imide groups is 1. The van der Waals surface area contributed by atoms with Gasteiger partial charge in [-0.15, -0.1) is 0 Å². The number of nitrogens with one attached hydrogen (secondary N) is 2. The lowest BCUT2D eigenvalue weighted by molar-refractivity contribution is -0.133. The maximum atomic E-state index is 13.4. The third-order valence-electron chi connectivity index (χ3n) is 4.68. The predicted molar refractivity (Wildman–Crippen MR) is 98.5 cm³/mol. The molecule has 0 aromatic heterocycles. The molecule has 0 unspecified atom stereocenters. The second-order valence-electron chi connectivity index (χ2n) is 6.82. The van der Waals surface area contributed by atoms with Crippen LogP contribution in [0.15, 0.2) is 42.5 Å². The molecule has 1 heterocycles. The zero-order valence-electron chi connectivity index (χ0n) is 15.3. The van der Waals surface area contributed by atoms with Crippen LogP contribution in [0.1, 0.15) is 23.6 Å². The van der Waals surface area contributed by atoms with Crippen molar-refractivity contribution in [2.24, 2.45) is 0 Å². The summed E-state index contributed by atoms with van der Waals surface area (Å²) in [5, 5.41) is 5.19. The fourth-order valence-corrected chi connectivity index (χ4v) is 2.99. The monoisotopic (exact) mass is 369 g/mol. The summed E-state index contributed by atoms with van der Waals surface area (Å²) in [6, 6.07) is 10.6. The molecule has 1 aliphatic heterocycles. The van der Waals surface area contributed by atoms with E-state index in [2.05, 4.69) is 10.6 Å². The SMILES string of the molecule is Cc1ccc([C@]2(C)NC(=O)N(CC(=O)Nc3cc(F)ccc3C)C2=O)cc1. The Labute approximate surface area is 156 Å². The summed E-state index contributed by atoms with van der Waals surface area (Å²) < 4.78 is 13.4. The lowest BCUT2D eigenvalue weighted by Gasteiger charge is -2.22. The van der Waals surface area contributed by atoms with E-state index in [9.17, 15) is 18.8 Å². The number of hydrogen-bond acceptors (Lipinski definition) is 3. The molecule has 0 bridgehead atoms. The van der Waals surface area contributed by atoms with Gasteiger partial charge in [0.2, 0.25) is 5.91 Å². The van der Waals surface area contributed by atoms with Crippen LogP contribution in [0.25, 0.3) is 0 Å². The number of amides is 4. The number of carbonyl (C=O) groups is 3. The summed E-state index contributed by atoms with van der Waals surface area (Å²) in [6.07, 6.45) is 0. The summed E-state index contributed by atoms with van der Waals surface area (Å²) in [5.74, 6) is -1.58. The lowest BCUT2D eigenvalue weighted by Crippen LogP contribution is -2.42. The maximum absolute atomic E-state index is 13.4. The minimum Gasteiger partial charge on any atom is -0.324 e. The summed E-state index contributed by atoms with van der Waals surface area (Å²) >= 11 is 0. The molecule has 0 spiro atoms. The van der Waals surface area contributed by atoms with E-state index in [0.29, 0.717) is 16.8 Å². The van der Waals surface area contributed by atoms with Gasteiger partial charge in [0.05, 0.1) is 0 Å². The van der Waals surface area contributed by atoms with Crippen molar-refractivity contribution in [1.82, 2.24) is 10.2 Å². The van der Waals surface area contributed by atoms with Crippen LogP contribution in [0.4, 0.5) is 14.9 Å². The smallest absolute Gasteiger partial charge is 0.324 e. The highest BCUT2D eigenvalue weighted by molar-refractivity contribution is 6.10. The Morgan fingerprint density at radius 3 is 2.48 bits per heavy atom. The number of aryl methyl sites for hydroxylation is 2. The van der Waals surface area contributed by atoms with Crippen molar-refractivity contribution in [2.75, 3.05) is 11.9 Å². The summed E-state index contributed by atoms with van der Waals surface area (Å²) in [6.45, 7) is 4.79. The number of benzene rings is 2. The first-order valence-corrected chi connectivity index (χ1v) is 8.48. The first-order chi connectivity index (χ1) is 12.7. The molecule has 4 amide bonds. The van der Waals surface area contributed by atoms with Gasteiger partial charge in [-0.1, -0.05) is 35.9 Å². The van der Waals surface area contributed by atoms with Gasteiger partial charge in [0.25, 0.3) is 5.91 Å². The molecule has 2 aromatic rings. The first-order valence-electron chi connectivity index (χ1n) is 8.48. The Kier molecular flexibility index (Phi) is 4.70. The van der Waals surface area contributed by atoms with Crippen LogP contribution >= 0.6 is 0 Å². The Hall–Kier alpha value is -3.22. The van der Waals surface area contributed by atoms with Crippen LogP contribution in [0, 0.1) is 19.7 Å². The molecule has 6 nitrogen and oxygen atoms in total. The van der Waals surface area contributed by atoms with Crippen molar-refractivity contribution in [2.45, 2.75) is 26.3 Å². The largest absolute Gasteiger partial charge is 0.325 e. The van der Waals surface area contributed by atoms with Crippen LogP contribution < -0.4 is 10.6 Å².